The lowest BCUT2D eigenvalue weighted by Crippen LogP contribution is -2.06. The van der Waals surface area contributed by atoms with Crippen molar-refractivity contribution < 1.29 is 4.74 Å². The standard InChI is InChI=1S/C14H14N2O/c1-10-8-9-15-14(16-10)17-13-7-6-11-4-2-3-5-12(11)13/h2-5,8-9,13H,6-7H2,1H3. The molecular weight excluding hydrogens is 212 g/mol. The van der Waals surface area contributed by atoms with Gasteiger partial charge in [-0.15, -0.1) is 0 Å². The summed E-state index contributed by atoms with van der Waals surface area (Å²) in [5.74, 6) is 0. The fraction of sp³-hybridized carbons (Fsp3) is 0.286. The highest BCUT2D eigenvalue weighted by atomic mass is 16.5. The van der Waals surface area contributed by atoms with Crippen LogP contribution in [-0.2, 0) is 6.42 Å². The summed E-state index contributed by atoms with van der Waals surface area (Å²) in [6.45, 7) is 1.94. The van der Waals surface area contributed by atoms with Gasteiger partial charge in [-0.3, -0.25) is 0 Å². The van der Waals surface area contributed by atoms with Gasteiger partial charge in [0.05, 0.1) is 0 Å². The molecule has 1 aliphatic carbocycles. The van der Waals surface area contributed by atoms with Crippen LogP contribution in [0, 0.1) is 6.92 Å². The van der Waals surface area contributed by atoms with Crippen LogP contribution in [0.3, 0.4) is 0 Å². The van der Waals surface area contributed by atoms with Crippen molar-refractivity contribution in [2.75, 3.05) is 0 Å². The Labute approximate surface area is 100 Å². The molecule has 1 atom stereocenters. The summed E-state index contributed by atoms with van der Waals surface area (Å²) in [5.41, 5.74) is 3.59. The normalized spacial score (nSPS) is 17.8. The van der Waals surface area contributed by atoms with Crippen LogP contribution < -0.4 is 4.74 Å². The molecule has 1 aromatic heterocycles. The first kappa shape index (κ1) is 10.3. The maximum atomic E-state index is 5.86. The predicted octanol–water partition coefficient (Wildman–Crippen LogP) is 2.85. The average Bonchev–Trinajstić information content (AvgIpc) is 2.73. The van der Waals surface area contributed by atoms with E-state index in [4.69, 9.17) is 4.74 Å². The van der Waals surface area contributed by atoms with Gasteiger partial charge >= 0.3 is 6.01 Å². The van der Waals surface area contributed by atoms with Gasteiger partial charge in [0.2, 0.25) is 0 Å². The second-order valence-electron chi connectivity index (χ2n) is 4.32. The zero-order valence-corrected chi connectivity index (χ0v) is 9.76. The molecule has 17 heavy (non-hydrogen) atoms. The average molecular weight is 226 g/mol. The third-order valence-electron chi connectivity index (χ3n) is 3.10. The molecule has 3 rings (SSSR count). The Morgan fingerprint density at radius 2 is 2.12 bits per heavy atom. The number of fused-ring (bicyclic) bond motifs is 1. The van der Waals surface area contributed by atoms with Crippen molar-refractivity contribution in [3.05, 3.63) is 53.3 Å². The zero-order chi connectivity index (χ0) is 11.7. The van der Waals surface area contributed by atoms with Crippen LogP contribution in [0.4, 0.5) is 0 Å². The quantitative estimate of drug-likeness (QED) is 0.789. The van der Waals surface area contributed by atoms with Gasteiger partial charge in [-0.25, -0.2) is 9.97 Å². The molecule has 0 amide bonds. The van der Waals surface area contributed by atoms with Gasteiger partial charge in [0.1, 0.15) is 6.10 Å². The molecule has 86 valence electrons. The van der Waals surface area contributed by atoms with Crippen LogP contribution in [0.1, 0.15) is 29.3 Å². The van der Waals surface area contributed by atoms with Crippen molar-refractivity contribution in [2.45, 2.75) is 25.9 Å². The van der Waals surface area contributed by atoms with Crippen LogP contribution in [-0.4, -0.2) is 9.97 Å². The first-order valence-electron chi connectivity index (χ1n) is 5.87. The maximum Gasteiger partial charge on any atom is 0.317 e. The molecule has 0 bridgehead atoms. The second-order valence-corrected chi connectivity index (χ2v) is 4.32. The number of aryl methyl sites for hydroxylation is 2. The van der Waals surface area contributed by atoms with E-state index in [1.807, 2.05) is 13.0 Å². The van der Waals surface area contributed by atoms with E-state index >= 15 is 0 Å². The Hall–Kier alpha value is -1.90. The van der Waals surface area contributed by atoms with E-state index < -0.39 is 0 Å². The molecule has 1 aliphatic rings. The monoisotopic (exact) mass is 226 g/mol. The molecule has 0 fully saturated rings. The Balaban J connectivity index is 1.84. The fourth-order valence-corrected chi connectivity index (χ4v) is 2.25. The van der Waals surface area contributed by atoms with Crippen molar-refractivity contribution in [3.8, 4) is 6.01 Å². The van der Waals surface area contributed by atoms with Crippen LogP contribution in [0.5, 0.6) is 6.01 Å². The third-order valence-corrected chi connectivity index (χ3v) is 3.10. The smallest absolute Gasteiger partial charge is 0.317 e. The van der Waals surface area contributed by atoms with Gasteiger partial charge in [-0.05, 0) is 37.0 Å². The highest BCUT2D eigenvalue weighted by Gasteiger charge is 2.24. The molecule has 0 saturated heterocycles. The van der Waals surface area contributed by atoms with E-state index in [1.54, 1.807) is 6.20 Å². The molecule has 0 N–H and O–H groups in total. The van der Waals surface area contributed by atoms with Crippen LogP contribution in [0.15, 0.2) is 36.5 Å². The summed E-state index contributed by atoms with van der Waals surface area (Å²) >= 11 is 0. The van der Waals surface area contributed by atoms with E-state index in [0.717, 1.165) is 18.5 Å². The molecule has 0 radical (unpaired) electrons. The predicted molar refractivity (Wildman–Crippen MR) is 64.9 cm³/mol. The SMILES string of the molecule is Cc1ccnc(OC2CCc3ccccc32)n1. The molecule has 0 saturated carbocycles. The van der Waals surface area contributed by atoms with Crippen molar-refractivity contribution in [3.63, 3.8) is 0 Å². The zero-order valence-electron chi connectivity index (χ0n) is 9.76. The number of hydrogen-bond acceptors (Lipinski definition) is 3. The molecule has 1 aromatic carbocycles. The number of benzene rings is 1. The summed E-state index contributed by atoms with van der Waals surface area (Å²) in [7, 11) is 0. The minimum Gasteiger partial charge on any atom is -0.455 e. The number of hydrogen-bond donors (Lipinski definition) is 0. The maximum absolute atomic E-state index is 5.86. The summed E-state index contributed by atoms with van der Waals surface area (Å²) in [4.78, 5) is 8.42. The van der Waals surface area contributed by atoms with Crippen LogP contribution in [0.2, 0.25) is 0 Å². The van der Waals surface area contributed by atoms with Crippen molar-refractivity contribution >= 4 is 0 Å². The minimum atomic E-state index is 0.105. The van der Waals surface area contributed by atoms with Gasteiger partial charge in [0, 0.05) is 11.9 Å². The number of ether oxygens (including phenoxy) is 1. The molecule has 3 heteroatoms. The van der Waals surface area contributed by atoms with Crippen LogP contribution >= 0.6 is 0 Å². The van der Waals surface area contributed by atoms with E-state index in [0.29, 0.717) is 6.01 Å². The lowest BCUT2D eigenvalue weighted by atomic mass is 10.1. The van der Waals surface area contributed by atoms with Crippen molar-refractivity contribution in [2.24, 2.45) is 0 Å². The highest BCUT2D eigenvalue weighted by Crippen LogP contribution is 2.33. The van der Waals surface area contributed by atoms with E-state index in [9.17, 15) is 0 Å². The van der Waals surface area contributed by atoms with Gasteiger partial charge in [-0.2, -0.15) is 0 Å². The lowest BCUT2D eigenvalue weighted by molar-refractivity contribution is 0.189. The molecule has 1 unspecified atom stereocenters. The molecule has 3 nitrogen and oxygen atoms in total. The summed E-state index contributed by atoms with van der Waals surface area (Å²) in [5, 5.41) is 0. The summed E-state index contributed by atoms with van der Waals surface area (Å²) in [6.07, 6.45) is 3.93. The third kappa shape index (κ3) is 2.00. The van der Waals surface area contributed by atoms with E-state index in [-0.39, 0.29) is 6.10 Å². The first-order chi connectivity index (χ1) is 8.33. The largest absolute Gasteiger partial charge is 0.455 e. The topological polar surface area (TPSA) is 35.0 Å². The van der Waals surface area contributed by atoms with Crippen molar-refractivity contribution in [1.82, 2.24) is 9.97 Å². The van der Waals surface area contributed by atoms with E-state index in [2.05, 4.69) is 34.2 Å². The summed E-state index contributed by atoms with van der Waals surface area (Å²) < 4.78 is 5.86. The molecule has 0 spiro atoms. The Morgan fingerprint density at radius 1 is 1.24 bits per heavy atom. The molecular formula is C14H14N2O. The second kappa shape index (κ2) is 4.17. The Morgan fingerprint density at radius 3 is 3.00 bits per heavy atom. The Kier molecular flexibility index (Phi) is 2.52. The number of rotatable bonds is 2. The minimum absolute atomic E-state index is 0.105. The number of aromatic nitrogens is 2. The fourth-order valence-electron chi connectivity index (χ4n) is 2.25. The van der Waals surface area contributed by atoms with Gasteiger partial charge in [-0.1, -0.05) is 24.3 Å². The summed E-state index contributed by atoms with van der Waals surface area (Å²) in [6, 6.07) is 10.8. The molecule has 1 heterocycles. The van der Waals surface area contributed by atoms with E-state index in [1.165, 1.54) is 11.1 Å². The lowest BCUT2D eigenvalue weighted by Gasteiger charge is -2.13. The van der Waals surface area contributed by atoms with Crippen LogP contribution in [0.25, 0.3) is 0 Å². The van der Waals surface area contributed by atoms with Gasteiger partial charge in [0.15, 0.2) is 0 Å². The Bertz CT molecular complexity index is 539. The number of nitrogens with zero attached hydrogens (tertiary/aromatic N) is 2. The molecule has 2 aromatic rings. The molecule has 0 aliphatic heterocycles. The van der Waals surface area contributed by atoms with Crippen molar-refractivity contribution in [1.29, 1.82) is 0 Å². The van der Waals surface area contributed by atoms with Gasteiger partial charge < -0.3 is 4.74 Å². The van der Waals surface area contributed by atoms with Gasteiger partial charge in [0.25, 0.3) is 0 Å². The first-order valence-corrected chi connectivity index (χ1v) is 5.87. The highest BCUT2D eigenvalue weighted by molar-refractivity contribution is 5.33.